The van der Waals surface area contributed by atoms with Crippen molar-refractivity contribution >= 4 is 27.3 Å². The highest BCUT2D eigenvalue weighted by atomic mass is 32.2. The van der Waals surface area contributed by atoms with Gasteiger partial charge < -0.3 is 10.0 Å². The second-order valence-electron chi connectivity index (χ2n) is 5.57. The first-order valence-corrected chi connectivity index (χ1v) is 9.09. The smallest absolute Gasteiger partial charge is 0.336 e. The van der Waals surface area contributed by atoms with Crippen LogP contribution in [0.25, 0.3) is 0 Å². The fourth-order valence-electron chi connectivity index (χ4n) is 2.54. The van der Waals surface area contributed by atoms with Crippen molar-refractivity contribution in [3.8, 4) is 0 Å². The molecule has 1 fully saturated rings. The van der Waals surface area contributed by atoms with Crippen LogP contribution in [0.5, 0.6) is 0 Å². The Balaban J connectivity index is 2.05. The van der Waals surface area contributed by atoms with E-state index in [1.54, 1.807) is 0 Å². The van der Waals surface area contributed by atoms with Crippen LogP contribution in [-0.2, 0) is 10.0 Å². The number of hydrogen-bond acceptors (Lipinski definition) is 5. The molecular weight excluding hydrogens is 312 g/mol. The summed E-state index contributed by atoms with van der Waals surface area (Å²) in [6, 6.07) is 1.24. The molecule has 1 aliphatic rings. The zero-order valence-corrected chi connectivity index (χ0v) is 13.8. The minimum Gasteiger partial charge on any atom is -0.478 e. The van der Waals surface area contributed by atoms with E-state index in [9.17, 15) is 13.2 Å². The molecule has 0 spiro atoms. The molecule has 2 rings (SSSR count). The third-order valence-corrected chi connectivity index (χ3v) is 6.93. The maximum atomic E-state index is 12.5. The van der Waals surface area contributed by atoms with Crippen molar-refractivity contribution in [1.82, 2.24) is 9.21 Å². The van der Waals surface area contributed by atoms with Gasteiger partial charge in [-0.1, -0.05) is 0 Å². The Labute approximate surface area is 129 Å². The Bertz CT molecular complexity index is 601. The highest BCUT2D eigenvalue weighted by Crippen LogP contribution is 2.28. The minimum absolute atomic E-state index is 0.0288. The molecule has 2 heterocycles. The first-order valence-electron chi connectivity index (χ1n) is 6.77. The van der Waals surface area contributed by atoms with Crippen molar-refractivity contribution in [2.75, 3.05) is 33.7 Å². The lowest BCUT2D eigenvalue weighted by molar-refractivity contribution is 0.0697. The van der Waals surface area contributed by atoms with Crippen LogP contribution in [0.1, 0.15) is 23.2 Å². The first kappa shape index (κ1) is 16.4. The van der Waals surface area contributed by atoms with Crippen LogP contribution in [0.4, 0.5) is 0 Å². The summed E-state index contributed by atoms with van der Waals surface area (Å²) in [6.07, 6.45) is 1.68. The molecule has 21 heavy (non-hydrogen) atoms. The van der Waals surface area contributed by atoms with Gasteiger partial charge in [-0.2, -0.15) is 4.31 Å². The van der Waals surface area contributed by atoms with Crippen LogP contribution in [0.2, 0.25) is 0 Å². The van der Waals surface area contributed by atoms with Gasteiger partial charge in [0, 0.05) is 25.0 Å². The van der Waals surface area contributed by atoms with Crippen LogP contribution >= 0.6 is 11.3 Å². The van der Waals surface area contributed by atoms with E-state index in [4.69, 9.17) is 5.11 Å². The summed E-state index contributed by atoms with van der Waals surface area (Å²) in [5, 5.41) is 10.3. The normalized spacial score (nSPS) is 18.2. The van der Waals surface area contributed by atoms with Gasteiger partial charge in [0.15, 0.2) is 0 Å². The highest BCUT2D eigenvalue weighted by Gasteiger charge is 2.31. The third-order valence-electron chi connectivity index (χ3n) is 3.61. The van der Waals surface area contributed by atoms with E-state index in [-0.39, 0.29) is 9.77 Å². The molecule has 0 aliphatic carbocycles. The third kappa shape index (κ3) is 3.82. The number of aromatic carboxylic acids is 1. The van der Waals surface area contributed by atoms with Crippen LogP contribution in [0, 0.1) is 5.92 Å². The lowest BCUT2D eigenvalue weighted by atomic mass is 9.98. The fourth-order valence-corrected chi connectivity index (χ4v) is 5.32. The molecule has 0 atom stereocenters. The summed E-state index contributed by atoms with van der Waals surface area (Å²) in [5.41, 5.74) is 0.0288. The number of nitrogens with zero attached hydrogens (tertiary/aromatic N) is 2. The average molecular weight is 332 g/mol. The number of sulfonamides is 1. The van der Waals surface area contributed by atoms with E-state index in [1.165, 1.54) is 15.8 Å². The molecule has 0 radical (unpaired) electrons. The fraction of sp³-hybridized carbons (Fsp3) is 0.615. The predicted molar refractivity (Wildman–Crippen MR) is 81.3 cm³/mol. The van der Waals surface area contributed by atoms with Gasteiger partial charge >= 0.3 is 5.97 Å². The van der Waals surface area contributed by atoms with Gasteiger partial charge in [0.1, 0.15) is 4.21 Å². The van der Waals surface area contributed by atoms with Crippen molar-refractivity contribution in [2.24, 2.45) is 5.92 Å². The molecule has 1 N–H and O–H groups in total. The largest absolute Gasteiger partial charge is 0.478 e. The van der Waals surface area contributed by atoms with Crippen molar-refractivity contribution in [2.45, 2.75) is 17.1 Å². The molecular formula is C13H20N2O4S2. The molecule has 1 aromatic rings. The van der Waals surface area contributed by atoms with E-state index in [0.29, 0.717) is 19.0 Å². The Morgan fingerprint density at radius 2 is 2.05 bits per heavy atom. The van der Waals surface area contributed by atoms with E-state index >= 15 is 0 Å². The number of thiophene rings is 1. The molecule has 0 saturated carbocycles. The Morgan fingerprint density at radius 3 is 2.52 bits per heavy atom. The van der Waals surface area contributed by atoms with Crippen LogP contribution in [-0.4, -0.2) is 62.4 Å². The highest BCUT2D eigenvalue weighted by molar-refractivity contribution is 7.91. The molecule has 0 bridgehead atoms. The minimum atomic E-state index is -3.55. The summed E-state index contributed by atoms with van der Waals surface area (Å²) in [5.74, 6) is -0.582. The SMILES string of the molecule is CN(C)CC1CCN(S(=O)(=O)c2cc(C(=O)O)cs2)CC1. The maximum Gasteiger partial charge on any atom is 0.336 e. The van der Waals surface area contributed by atoms with Crippen molar-refractivity contribution < 1.29 is 18.3 Å². The molecule has 118 valence electrons. The van der Waals surface area contributed by atoms with Gasteiger partial charge in [-0.05, 0) is 38.9 Å². The zero-order chi connectivity index (χ0) is 15.6. The number of rotatable bonds is 5. The number of hydrogen-bond donors (Lipinski definition) is 1. The zero-order valence-electron chi connectivity index (χ0n) is 12.2. The summed E-state index contributed by atoms with van der Waals surface area (Å²) in [4.78, 5) is 13.0. The van der Waals surface area contributed by atoms with Crippen molar-refractivity contribution in [3.05, 3.63) is 17.0 Å². The molecule has 6 nitrogen and oxygen atoms in total. The topological polar surface area (TPSA) is 77.9 Å². The molecule has 0 amide bonds. The predicted octanol–water partition coefficient (Wildman–Crippen LogP) is 1.41. The molecule has 0 unspecified atom stereocenters. The molecule has 1 aliphatic heterocycles. The van der Waals surface area contributed by atoms with E-state index in [0.717, 1.165) is 30.7 Å². The van der Waals surface area contributed by atoms with Crippen molar-refractivity contribution in [3.63, 3.8) is 0 Å². The van der Waals surface area contributed by atoms with E-state index in [1.807, 2.05) is 14.1 Å². The van der Waals surface area contributed by atoms with Gasteiger partial charge in [-0.15, -0.1) is 11.3 Å². The number of piperidine rings is 1. The lowest BCUT2D eigenvalue weighted by Crippen LogP contribution is -2.40. The van der Waals surface area contributed by atoms with Gasteiger partial charge in [0.05, 0.1) is 5.56 Å². The summed E-state index contributed by atoms with van der Waals surface area (Å²) in [7, 11) is 0.480. The monoisotopic (exact) mass is 332 g/mol. The Kier molecular flexibility index (Phi) is 5.03. The summed E-state index contributed by atoms with van der Waals surface area (Å²) < 4.78 is 26.6. The molecule has 0 aromatic carbocycles. The average Bonchev–Trinajstić information content (AvgIpc) is 2.89. The maximum absolute atomic E-state index is 12.5. The Hall–Kier alpha value is -0.960. The standard InChI is InChI=1S/C13H20N2O4S2/c1-14(2)8-10-3-5-15(6-4-10)21(18,19)12-7-11(9-20-12)13(16)17/h7,9-10H,3-6,8H2,1-2H3,(H,16,17). The second kappa shape index (κ2) is 6.43. The van der Waals surface area contributed by atoms with Crippen molar-refractivity contribution in [1.29, 1.82) is 0 Å². The number of carboxylic acids is 1. The van der Waals surface area contributed by atoms with Gasteiger partial charge in [-0.3, -0.25) is 0 Å². The number of carboxylic acid groups (broad SMARTS) is 1. The first-order chi connectivity index (χ1) is 9.80. The number of carbonyl (C=O) groups is 1. The van der Waals surface area contributed by atoms with Gasteiger partial charge in [0.2, 0.25) is 0 Å². The van der Waals surface area contributed by atoms with E-state index in [2.05, 4.69) is 4.90 Å². The second-order valence-corrected chi connectivity index (χ2v) is 8.65. The summed E-state index contributed by atoms with van der Waals surface area (Å²) in [6.45, 7) is 1.97. The van der Waals surface area contributed by atoms with Gasteiger partial charge in [0.25, 0.3) is 10.0 Å². The molecule has 1 aromatic heterocycles. The quantitative estimate of drug-likeness (QED) is 0.882. The van der Waals surface area contributed by atoms with Crippen LogP contribution < -0.4 is 0 Å². The summed E-state index contributed by atoms with van der Waals surface area (Å²) >= 11 is 0.971. The Morgan fingerprint density at radius 1 is 1.43 bits per heavy atom. The van der Waals surface area contributed by atoms with E-state index < -0.39 is 16.0 Å². The van der Waals surface area contributed by atoms with Gasteiger partial charge in [-0.25, -0.2) is 13.2 Å². The van der Waals surface area contributed by atoms with Crippen LogP contribution in [0.3, 0.4) is 0 Å². The van der Waals surface area contributed by atoms with Crippen LogP contribution in [0.15, 0.2) is 15.7 Å². The molecule has 1 saturated heterocycles. The molecule has 8 heteroatoms. The lowest BCUT2D eigenvalue weighted by Gasteiger charge is -2.32.